The van der Waals surface area contributed by atoms with Crippen molar-refractivity contribution < 1.29 is 13.9 Å². The number of carbonyl (C=O) groups excluding carboxylic acids is 1. The standard InChI is InChI=1S/C20H23N5O3/c1-24-12-14(11-21-24)18(25-6-8-27-9-7-25)19(26)22-15-4-5-17-16(10-15)23-20(28-17)13-2-3-13/h4-5,10-13,18H,2-3,6-9H2,1H3,(H,22,26)/t18-/m1/s1. The molecule has 1 N–H and O–H groups in total. The van der Waals surface area contributed by atoms with Crippen molar-refractivity contribution in [3.05, 3.63) is 42.0 Å². The van der Waals surface area contributed by atoms with E-state index in [1.54, 1.807) is 10.9 Å². The van der Waals surface area contributed by atoms with Crippen molar-refractivity contribution in [1.29, 1.82) is 0 Å². The van der Waals surface area contributed by atoms with Crippen LogP contribution in [0.2, 0.25) is 0 Å². The number of morpholine rings is 1. The SMILES string of the molecule is Cn1cc([C@H](C(=O)Nc2ccc3oc(C4CC4)nc3c2)N2CCOCC2)cn1. The van der Waals surface area contributed by atoms with Gasteiger partial charge in [-0.15, -0.1) is 0 Å². The molecule has 1 atom stereocenters. The molecule has 1 saturated carbocycles. The summed E-state index contributed by atoms with van der Waals surface area (Å²) in [5.74, 6) is 1.18. The highest BCUT2D eigenvalue weighted by Gasteiger charge is 2.31. The maximum Gasteiger partial charge on any atom is 0.246 e. The highest BCUT2D eigenvalue weighted by atomic mass is 16.5. The molecule has 0 radical (unpaired) electrons. The minimum atomic E-state index is -0.410. The summed E-state index contributed by atoms with van der Waals surface area (Å²) in [4.78, 5) is 19.9. The van der Waals surface area contributed by atoms with Gasteiger partial charge in [-0.3, -0.25) is 14.4 Å². The van der Waals surface area contributed by atoms with Crippen LogP contribution in [0, 0.1) is 0 Å². The summed E-state index contributed by atoms with van der Waals surface area (Å²) in [5.41, 5.74) is 3.14. The molecule has 0 bridgehead atoms. The lowest BCUT2D eigenvalue weighted by atomic mass is 10.1. The summed E-state index contributed by atoms with van der Waals surface area (Å²) in [5, 5.41) is 7.30. The number of amides is 1. The van der Waals surface area contributed by atoms with Crippen LogP contribution in [0.15, 0.2) is 35.0 Å². The molecular weight excluding hydrogens is 358 g/mol. The van der Waals surface area contributed by atoms with E-state index in [4.69, 9.17) is 9.15 Å². The maximum atomic E-state index is 13.2. The fraction of sp³-hybridized carbons (Fsp3) is 0.450. The molecule has 0 spiro atoms. The summed E-state index contributed by atoms with van der Waals surface area (Å²) in [6.45, 7) is 2.66. The Labute approximate surface area is 162 Å². The van der Waals surface area contributed by atoms with Gasteiger partial charge in [0.25, 0.3) is 0 Å². The molecule has 8 nitrogen and oxygen atoms in total. The molecule has 2 fully saturated rings. The Morgan fingerprint density at radius 1 is 1.29 bits per heavy atom. The lowest BCUT2D eigenvalue weighted by Crippen LogP contribution is -2.43. The molecule has 28 heavy (non-hydrogen) atoms. The molecule has 1 aliphatic carbocycles. The van der Waals surface area contributed by atoms with E-state index in [0.29, 0.717) is 32.2 Å². The van der Waals surface area contributed by atoms with Gasteiger partial charge in [0.15, 0.2) is 11.5 Å². The predicted molar refractivity (Wildman–Crippen MR) is 103 cm³/mol. The molecule has 8 heteroatoms. The molecule has 146 valence electrons. The Kier molecular flexibility index (Phi) is 4.37. The van der Waals surface area contributed by atoms with Crippen molar-refractivity contribution in [2.75, 3.05) is 31.6 Å². The van der Waals surface area contributed by atoms with Crippen molar-refractivity contribution >= 4 is 22.7 Å². The van der Waals surface area contributed by atoms with Crippen LogP contribution in [0.5, 0.6) is 0 Å². The van der Waals surface area contributed by atoms with Gasteiger partial charge in [0, 0.05) is 43.5 Å². The normalized spacial score (nSPS) is 19.0. The van der Waals surface area contributed by atoms with Crippen LogP contribution in [0.25, 0.3) is 11.1 Å². The maximum absolute atomic E-state index is 13.2. The zero-order valence-corrected chi connectivity index (χ0v) is 15.8. The van der Waals surface area contributed by atoms with Gasteiger partial charge in [-0.25, -0.2) is 4.98 Å². The largest absolute Gasteiger partial charge is 0.440 e. The molecule has 1 amide bonds. The van der Waals surface area contributed by atoms with Crippen LogP contribution in [-0.4, -0.2) is 51.9 Å². The molecule has 0 unspecified atom stereocenters. The summed E-state index contributed by atoms with van der Waals surface area (Å²) in [6, 6.07) is 5.20. The van der Waals surface area contributed by atoms with E-state index in [1.165, 1.54) is 0 Å². The van der Waals surface area contributed by atoms with Crippen LogP contribution < -0.4 is 5.32 Å². The number of rotatable bonds is 5. The van der Waals surface area contributed by atoms with E-state index >= 15 is 0 Å². The fourth-order valence-electron chi connectivity index (χ4n) is 3.68. The van der Waals surface area contributed by atoms with Gasteiger partial charge < -0.3 is 14.5 Å². The van der Waals surface area contributed by atoms with E-state index < -0.39 is 6.04 Å². The summed E-state index contributed by atoms with van der Waals surface area (Å²) < 4.78 is 13.0. The topological polar surface area (TPSA) is 85.4 Å². The van der Waals surface area contributed by atoms with Crippen LogP contribution in [0.3, 0.4) is 0 Å². The van der Waals surface area contributed by atoms with Gasteiger partial charge in [0.05, 0.1) is 19.4 Å². The zero-order chi connectivity index (χ0) is 19.1. The van der Waals surface area contributed by atoms with E-state index in [-0.39, 0.29) is 5.91 Å². The highest BCUT2D eigenvalue weighted by molar-refractivity contribution is 5.96. The van der Waals surface area contributed by atoms with E-state index in [2.05, 4.69) is 20.3 Å². The van der Waals surface area contributed by atoms with Gasteiger partial charge in [0.1, 0.15) is 11.6 Å². The van der Waals surface area contributed by atoms with Gasteiger partial charge in [-0.2, -0.15) is 5.10 Å². The first-order valence-corrected chi connectivity index (χ1v) is 9.69. The molecule has 1 saturated heterocycles. The number of nitrogens with zero attached hydrogens (tertiary/aromatic N) is 4. The number of aromatic nitrogens is 3. The predicted octanol–water partition coefficient (Wildman–Crippen LogP) is 2.45. The van der Waals surface area contributed by atoms with Crippen molar-refractivity contribution in [1.82, 2.24) is 19.7 Å². The van der Waals surface area contributed by atoms with Crippen LogP contribution in [0.4, 0.5) is 5.69 Å². The third-order valence-corrected chi connectivity index (χ3v) is 5.30. The fourth-order valence-corrected chi connectivity index (χ4v) is 3.68. The first kappa shape index (κ1) is 17.4. The van der Waals surface area contributed by atoms with E-state index in [9.17, 15) is 4.79 Å². The smallest absolute Gasteiger partial charge is 0.246 e. The van der Waals surface area contributed by atoms with E-state index in [0.717, 1.165) is 41.1 Å². The molecule has 2 aromatic heterocycles. The minimum Gasteiger partial charge on any atom is -0.440 e. The number of oxazole rings is 1. The Bertz CT molecular complexity index is 1000. The minimum absolute atomic E-state index is 0.0832. The van der Waals surface area contributed by atoms with Crippen molar-refractivity contribution in [2.24, 2.45) is 7.05 Å². The second-order valence-corrected chi connectivity index (χ2v) is 7.50. The van der Waals surface area contributed by atoms with Crippen molar-refractivity contribution in [3.63, 3.8) is 0 Å². The summed E-state index contributed by atoms with van der Waals surface area (Å²) >= 11 is 0. The number of hydrogen-bond donors (Lipinski definition) is 1. The van der Waals surface area contributed by atoms with Gasteiger partial charge in [-0.1, -0.05) is 0 Å². The second kappa shape index (κ2) is 7.03. The Balaban J connectivity index is 1.39. The average Bonchev–Trinajstić information content (AvgIpc) is 3.33. The number of hydrogen-bond acceptors (Lipinski definition) is 6. The number of ether oxygens (including phenoxy) is 1. The molecule has 1 aromatic carbocycles. The molecule has 5 rings (SSSR count). The summed E-state index contributed by atoms with van der Waals surface area (Å²) in [6.07, 6.45) is 5.93. The number of carbonyl (C=O) groups is 1. The third kappa shape index (κ3) is 3.41. The Hall–Kier alpha value is -2.71. The molecule has 3 aromatic rings. The van der Waals surface area contributed by atoms with Crippen molar-refractivity contribution in [2.45, 2.75) is 24.8 Å². The lowest BCUT2D eigenvalue weighted by Gasteiger charge is -2.33. The number of nitrogens with one attached hydrogen (secondary N) is 1. The van der Waals surface area contributed by atoms with Crippen LogP contribution in [-0.2, 0) is 16.6 Å². The number of fused-ring (bicyclic) bond motifs is 1. The van der Waals surface area contributed by atoms with Crippen LogP contribution >= 0.6 is 0 Å². The van der Waals surface area contributed by atoms with E-state index in [1.807, 2.05) is 31.4 Å². The molecule has 1 aliphatic heterocycles. The van der Waals surface area contributed by atoms with Crippen LogP contribution in [0.1, 0.15) is 36.3 Å². The number of aryl methyl sites for hydroxylation is 1. The molecule has 3 heterocycles. The van der Waals surface area contributed by atoms with Gasteiger partial charge >= 0.3 is 0 Å². The Morgan fingerprint density at radius 2 is 2.11 bits per heavy atom. The molecular formula is C20H23N5O3. The zero-order valence-electron chi connectivity index (χ0n) is 15.8. The number of benzene rings is 1. The average molecular weight is 381 g/mol. The quantitative estimate of drug-likeness (QED) is 0.731. The number of anilines is 1. The molecule has 2 aliphatic rings. The van der Waals surface area contributed by atoms with Crippen molar-refractivity contribution in [3.8, 4) is 0 Å². The van der Waals surface area contributed by atoms with Gasteiger partial charge in [0.2, 0.25) is 5.91 Å². The lowest BCUT2D eigenvalue weighted by molar-refractivity contribution is -0.123. The summed E-state index contributed by atoms with van der Waals surface area (Å²) in [7, 11) is 1.85. The highest BCUT2D eigenvalue weighted by Crippen LogP contribution is 2.40. The first-order chi connectivity index (χ1) is 13.7. The third-order valence-electron chi connectivity index (χ3n) is 5.30. The van der Waals surface area contributed by atoms with Gasteiger partial charge in [-0.05, 0) is 31.0 Å². The second-order valence-electron chi connectivity index (χ2n) is 7.50. The monoisotopic (exact) mass is 381 g/mol. The Morgan fingerprint density at radius 3 is 2.82 bits per heavy atom. The first-order valence-electron chi connectivity index (χ1n) is 9.69.